The van der Waals surface area contributed by atoms with Crippen LogP contribution in [0.15, 0.2) is 69.3 Å². The second-order valence-electron chi connectivity index (χ2n) is 4.44. The Morgan fingerprint density at radius 1 is 1.18 bits per heavy atom. The molecule has 5 nitrogen and oxygen atoms in total. The van der Waals surface area contributed by atoms with E-state index in [0.717, 1.165) is 11.1 Å². The van der Waals surface area contributed by atoms with Crippen molar-refractivity contribution >= 4 is 35.0 Å². The molecule has 0 fully saturated rings. The van der Waals surface area contributed by atoms with Crippen molar-refractivity contribution in [1.29, 1.82) is 0 Å². The first-order valence-corrected chi connectivity index (χ1v) is 7.65. The van der Waals surface area contributed by atoms with Gasteiger partial charge in [0.05, 0.1) is 12.0 Å². The first-order chi connectivity index (χ1) is 10.8. The van der Waals surface area contributed by atoms with E-state index in [9.17, 15) is 4.79 Å². The van der Waals surface area contributed by atoms with Crippen molar-refractivity contribution in [3.63, 3.8) is 0 Å². The number of aromatic nitrogens is 1. The molecule has 0 atom stereocenters. The number of para-hydroxylation sites is 2. The highest BCUT2D eigenvalue weighted by molar-refractivity contribution is 7.99. The fraction of sp³-hybridized carbons (Fsp3) is 0.0625. The largest absolute Gasteiger partial charge is 0.431 e. The first-order valence-electron chi connectivity index (χ1n) is 6.66. The van der Waals surface area contributed by atoms with Crippen LogP contribution in [0.1, 0.15) is 5.56 Å². The smallest absolute Gasteiger partial charge is 0.257 e. The number of rotatable bonds is 5. The van der Waals surface area contributed by atoms with Gasteiger partial charge in [-0.15, -0.1) is 0 Å². The van der Waals surface area contributed by atoms with Crippen LogP contribution in [0.25, 0.3) is 11.1 Å². The molecule has 0 saturated carbocycles. The quantitative estimate of drug-likeness (QED) is 0.447. The summed E-state index contributed by atoms with van der Waals surface area (Å²) in [5.41, 5.74) is 4.90. The summed E-state index contributed by atoms with van der Waals surface area (Å²) in [6, 6.07) is 17.0. The molecule has 110 valence electrons. The van der Waals surface area contributed by atoms with Gasteiger partial charge in [0.15, 0.2) is 5.58 Å². The van der Waals surface area contributed by atoms with E-state index >= 15 is 0 Å². The van der Waals surface area contributed by atoms with Crippen molar-refractivity contribution in [3.8, 4) is 0 Å². The molecule has 1 aromatic heterocycles. The lowest BCUT2D eigenvalue weighted by Gasteiger charge is -1.97. The number of hydrazone groups is 1. The van der Waals surface area contributed by atoms with E-state index < -0.39 is 0 Å². The highest BCUT2D eigenvalue weighted by Crippen LogP contribution is 2.22. The van der Waals surface area contributed by atoms with Gasteiger partial charge in [0.1, 0.15) is 5.52 Å². The summed E-state index contributed by atoms with van der Waals surface area (Å²) in [6.07, 6.45) is 1.60. The number of carbonyl (C=O) groups excluding carboxylic acids is 1. The number of amides is 1. The second kappa shape index (κ2) is 6.91. The van der Waals surface area contributed by atoms with E-state index in [0.29, 0.717) is 10.8 Å². The van der Waals surface area contributed by atoms with E-state index in [2.05, 4.69) is 15.5 Å². The average molecular weight is 311 g/mol. The highest BCUT2D eigenvalue weighted by atomic mass is 32.2. The molecule has 0 radical (unpaired) electrons. The first kappa shape index (κ1) is 14.3. The fourth-order valence-corrected chi connectivity index (χ4v) is 2.42. The Hall–Kier alpha value is -2.60. The Kier molecular flexibility index (Phi) is 4.50. The molecule has 1 N–H and O–H groups in total. The summed E-state index contributed by atoms with van der Waals surface area (Å²) in [7, 11) is 0. The van der Waals surface area contributed by atoms with E-state index in [4.69, 9.17) is 4.42 Å². The number of benzene rings is 2. The summed E-state index contributed by atoms with van der Waals surface area (Å²) in [5.74, 6) is -0.0155. The standard InChI is InChI=1S/C16H13N3O2S/c20-15(19-17-10-12-6-2-1-3-7-12)11-22-16-18-13-8-4-5-9-14(13)21-16/h1-10H,11H2,(H,19,20)/b17-10-. The van der Waals surface area contributed by atoms with Crippen LogP contribution in [0.3, 0.4) is 0 Å². The minimum atomic E-state index is -0.209. The Bertz CT molecular complexity index is 766. The molecule has 0 aliphatic carbocycles. The summed E-state index contributed by atoms with van der Waals surface area (Å²) in [5, 5.41) is 4.38. The zero-order valence-electron chi connectivity index (χ0n) is 11.6. The number of hydrogen-bond donors (Lipinski definition) is 1. The third-order valence-corrected chi connectivity index (χ3v) is 3.63. The molecule has 0 bridgehead atoms. The van der Waals surface area contributed by atoms with Gasteiger partial charge in [-0.1, -0.05) is 54.2 Å². The van der Waals surface area contributed by atoms with Gasteiger partial charge in [0.25, 0.3) is 11.1 Å². The maximum Gasteiger partial charge on any atom is 0.257 e. The zero-order chi connectivity index (χ0) is 15.2. The molecule has 2 aromatic carbocycles. The number of nitrogens with one attached hydrogen (secondary N) is 1. The van der Waals surface area contributed by atoms with Gasteiger partial charge in [-0.3, -0.25) is 4.79 Å². The SMILES string of the molecule is O=C(CSc1nc2ccccc2o1)N/N=C\c1ccccc1. The molecule has 0 unspecified atom stereocenters. The fourth-order valence-electron chi connectivity index (χ4n) is 1.79. The summed E-state index contributed by atoms with van der Waals surface area (Å²) in [4.78, 5) is 16.0. The topological polar surface area (TPSA) is 67.5 Å². The van der Waals surface area contributed by atoms with Crippen LogP contribution in [-0.4, -0.2) is 22.9 Å². The van der Waals surface area contributed by atoms with E-state index in [1.165, 1.54) is 11.8 Å². The lowest BCUT2D eigenvalue weighted by atomic mass is 10.2. The summed E-state index contributed by atoms with van der Waals surface area (Å²) >= 11 is 1.24. The maximum absolute atomic E-state index is 11.7. The monoisotopic (exact) mass is 311 g/mol. The van der Waals surface area contributed by atoms with Crippen molar-refractivity contribution in [2.24, 2.45) is 5.10 Å². The van der Waals surface area contributed by atoms with Gasteiger partial charge in [-0.2, -0.15) is 5.10 Å². The molecule has 0 aliphatic heterocycles. The van der Waals surface area contributed by atoms with Gasteiger partial charge in [0, 0.05) is 0 Å². The number of oxazole rings is 1. The average Bonchev–Trinajstić information content (AvgIpc) is 2.97. The zero-order valence-corrected chi connectivity index (χ0v) is 12.4. The van der Waals surface area contributed by atoms with Gasteiger partial charge in [-0.25, -0.2) is 10.4 Å². The molecule has 0 aliphatic rings. The van der Waals surface area contributed by atoms with Gasteiger partial charge >= 0.3 is 0 Å². The number of thioether (sulfide) groups is 1. The summed E-state index contributed by atoms with van der Waals surface area (Å²) < 4.78 is 5.53. The second-order valence-corrected chi connectivity index (χ2v) is 5.37. The van der Waals surface area contributed by atoms with Crippen LogP contribution < -0.4 is 5.43 Å². The highest BCUT2D eigenvalue weighted by Gasteiger charge is 2.08. The van der Waals surface area contributed by atoms with Gasteiger partial charge in [0.2, 0.25) is 0 Å². The maximum atomic E-state index is 11.7. The van der Waals surface area contributed by atoms with Crippen molar-refractivity contribution in [2.75, 3.05) is 5.75 Å². The molecule has 0 spiro atoms. The molecule has 22 heavy (non-hydrogen) atoms. The van der Waals surface area contributed by atoms with Gasteiger partial charge < -0.3 is 4.42 Å². The van der Waals surface area contributed by atoms with Crippen LogP contribution in [0, 0.1) is 0 Å². The Labute approximate surface area is 131 Å². The van der Waals surface area contributed by atoms with Crippen LogP contribution in [0.2, 0.25) is 0 Å². The van der Waals surface area contributed by atoms with E-state index in [-0.39, 0.29) is 11.7 Å². The van der Waals surface area contributed by atoms with Crippen LogP contribution in [-0.2, 0) is 4.79 Å². The van der Waals surface area contributed by atoms with Crippen LogP contribution in [0.4, 0.5) is 0 Å². The minimum Gasteiger partial charge on any atom is -0.431 e. The van der Waals surface area contributed by atoms with Crippen molar-refractivity contribution in [1.82, 2.24) is 10.4 Å². The number of nitrogens with zero attached hydrogens (tertiary/aromatic N) is 2. The molecule has 3 rings (SSSR count). The minimum absolute atomic E-state index is 0.193. The predicted molar refractivity (Wildman–Crippen MR) is 86.9 cm³/mol. The van der Waals surface area contributed by atoms with Crippen molar-refractivity contribution < 1.29 is 9.21 Å². The molecular weight excluding hydrogens is 298 g/mol. The Morgan fingerprint density at radius 2 is 1.95 bits per heavy atom. The third-order valence-electron chi connectivity index (χ3n) is 2.80. The lowest BCUT2D eigenvalue weighted by Crippen LogP contribution is -2.19. The molecule has 6 heteroatoms. The number of hydrogen-bond acceptors (Lipinski definition) is 5. The number of fused-ring (bicyclic) bond motifs is 1. The molecule has 3 aromatic rings. The Balaban J connectivity index is 1.51. The predicted octanol–water partition coefficient (Wildman–Crippen LogP) is 3.07. The Morgan fingerprint density at radius 3 is 2.77 bits per heavy atom. The van der Waals surface area contributed by atoms with Crippen LogP contribution >= 0.6 is 11.8 Å². The lowest BCUT2D eigenvalue weighted by molar-refractivity contribution is -0.118. The molecular formula is C16H13N3O2S. The normalized spacial score (nSPS) is 11.1. The molecule has 1 amide bonds. The van der Waals surface area contributed by atoms with Crippen molar-refractivity contribution in [3.05, 3.63) is 60.2 Å². The van der Waals surface area contributed by atoms with Crippen molar-refractivity contribution in [2.45, 2.75) is 5.22 Å². The number of carbonyl (C=O) groups is 1. The van der Waals surface area contributed by atoms with Crippen LogP contribution in [0.5, 0.6) is 0 Å². The third kappa shape index (κ3) is 3.73. The molecule has 0 saturated heterocycles. The van der Waals surface area contributed by atoms with Gasteiger partial charge in [-0.05, 0) is 17.7 Å². The molecule has 1 heterocycles. The summed E-state index contributed by atoms with van der Waals surface area (Å²) in [6.45, 7) is 0. The van der Waals surface area contributed by atoms with E-state index in [1.807, 2.05) is 54.6 Å². The van der Waals surface area contributed by atoms with E-state index in [1.54, 1.807) is 6.21 Å².